The van der Waals surface area contributed by atoms with E-state index in [9.17, 15) is 5.11 Å². The molecule has 0 atom stereocenters. The molecule has 16 heavy (non-hydrogen) atoms. The largest absolute Gasteiger partial charge is 0.495 e. The van der Waals surface area contributed by atoms with Crippen LogP contribution < -0.4 is 0 Å². The van der Waals surface area contributed by atoms with Crippen LogP contribution >= 0.6 is 0 Å². The van der Waals surface area contributed by atoms with Crippen LogP contribution in [0.3, 0.4) is 0 Å². The smallest absolute Gasteiger partial charge is 0.187 e. The molecule has 0 saturated heterocycles. The van der Waals surface area contributed by atoms with Gasteiger partial charge in [0.2, 0.25) is 0 Å². The Hall–Kier alpha value is -1.44. The van der Waals surface area contributed by atoms with Gasteiger partial charge in [-0.2, -0.15) is 0 Å². The number of rotatable bonds is 4. The van der Waals surface area contributed by atoms with Gasteiger partial charge in [0.1, 0.15) is 0 Å². The summed E-state index contributed by atoms with van der Waals surface area (Å²) >= 11 is 0. The Morgan fingerprint density at radius 2 is 1.56 bits per heavy atom. The second kappa shape index (κ2) is 5.59. The molecule has 88 valence electrons. The first kappa shape index (κ1) is 12.6. The Kier molecular flexibility index (Phi) is 4.41. The van der Waals surface area contributed by atoms with Crippen LogP contribution in [-0.4, -0.2) is 22.1 Å². The summed E-state index contributed by atoms with van der Waals surface area (Å²) in [5.74, 6) is 0.330. The lowest BCUT2D eigenvalue weighted by atomic mass is 10.2. The molecule has 0 unspecified atom stereocenters. The van der Waals surface area contributed by atoms with Gasteiger partial charge < -0.3 is 10.0 Å². The van der Waals surface area contributed by atoms with Crippen LogP contribution in [0.1, 0.15) is 33.3 Å². The van der Waals surface area contributed by atoms with Gasteiger partial charge in [-0.05, 0) is 33.3 Å². The molecule has 1 N–H and O–H groups in total. The highest BCUT2D eigenvalue weighted by Gasteiger charge is 2.15. The SMILES string of the molecule is CC(C)N(/C(O)=C\c1ccccc1)C(C)C. The highest BCUT2D eigenvalue weighted by Crippen LogP contribution is 2.15. The summed E-state index contributed by atoms with van der Waals surface area (Å²) in [5, 5.41) is 10.1. The highest BCUT2D eigenvalue weighted by molar-refractivity contribution is 5.50. The Morgan fingerprint density at radius 3 is 2.00 bits per heavy atom. The van der Waals surface area contributed by atoms with E-state index in [0.29, 0.717) is 18.0 Å². The molecule has 0 aliphatic rings. The second-order valence-electron chi connectivity index (χ2n) is 4.51. The molecule has 0 aliphatic carbocycles. The summed E-state index contributed by atoms with van der Waals surface area (Å²) < 4.78 is 0. The van der Waals surface area contributed by atoms with Gasteiger partial charge >= 0.3 is 0 Å². The molecule has 0 bridgehead atoms. The molecule has 2 heteroatoms. The predicted molar refractivity (Wildman–Crippen MR) is 69.2 cm³/mol. The van der Waals surface area contributed by atoms with E-state index in [4.69, 9.17) is 0 Å². The number of hydrogen-bond acceptors (Lipinski definition) is 2. The monoisotopic (exact) mass is 219 g/mol. The molecule has 0 aromatic heterocycles. The summed E-state index contributed by atoms with van der Waals surface area (Å²) in [6.45, 7) is 8.31. The zero-order valence-electron chi connectivity index (χ0n) is 10.5. The minimum atomic E-state index is 0.292. The highest BCUT2D eigenvalue weighted by atomic mass is 16.3. The van der Waals surface area contributed by atoms with Crippen molar-refractivity contribution in [2.75, 3.05) is 0 Å². The number of benzene rings is 1. The lowest BCUT2D eigenvalue weighted by molar-refractivity contribution is 0.138. The van der Waals surface area contributed by atoms with Crippen molar-refractivity contribution < 1.29 is 5.11 Å². The van der Waals surface area contributed by atoms with Crippen molar-refractivity contribution in [3.8, 4) is 0 Å². The van der Waals surface area contributed by atoms with Gasteiger partial charge in [-0.15, -0.1) is 0 Å². The van der Waals surface area contributed by atoms with Crippen molar-refractivity contribution in [1.82, 2.24) is 4.90 Å². The van der Waals surface area contributed by atoms with Crippen LogP contribution in [0.4, 0.5) is 0 Å². The first-order valence-corrected chi connectivity index (χ1v) is 5.76. The molecule has 0 fully saturated rings. The van der Waals surface area contributed by atoms with Gasteiger partial charge in [-0.3, -0.25) is 0 Å². The van der Waals surface area contributed by atoms with Gasteiger partial charge in [-0.25, -0.2) is 0 Å². The molecule has 0 heterocycles. The quantitative estimate of drug-likeness (QED) is 0.781. The average Bonchev–Trinajstić information content (AvgIpc) is 2.17. The van der Waals surface area contributed by atoms with Crippen LogP contribution in [0, 0.1) is 0 Å². The van der Waals surface area contributed by atoms with Crippen LogP contribution in [0.15, 0.2) is 36.2 Å². The number of nitrogens with zero attached hydrogens (tertiary/aromatic N) is 1. The molecule has 0 amide bonds. The van der Waals surface area contributed by atoms with Crippen LogP contribution in [-0.2, 0) is 0 Å². The molecule has 1 rings (SSSR count). The van der Waals surface area contributed by atoms with E-state index in [1.807, 2.05) is 35.2 Å². The molecule has 0 aliphatic heterocycles. The van der Waals surface area contributed by atoms with Crippen LogP contribution in [0.25, 0.3) is 6.08 Å². The fourth-order valence-electron chi connectivity index (χ4n) is 1.90. The lowest BCUT2D eigenvalue weighted by Gasteiger charge is -2.31. The molecular weight excluding hydrogens is 198 g/mol. The summed E-state index contributed by atoms with van der Waals surface area (Å²) in [5.41, 5.74) is 1.02. The van der Waals surface area contributed by atoms with Crippen molar-refractivity contribution in [2.45, 2.75) is 39.8 Å². The lowest BCUT2D eigenvalue weighted by Crippen LogP contribution is -2.36. The van der Waals surface area contributed by atoms with E-state index in [1.54, 1.807) is 6.08 Å². The number of hydrogen-bond donors (Lipinski definition) is 1. The third kappa shape index (κ3) is 3.30. The van der Waals surface area contributed by atoms with Crippen molar-refractivity contribution in [3.05, 3.63) is 41.8 Å². The van der Waals surface area contributed by atoms with Crippen molar-refractivity contribution in [2.24, 2.45) is 0 Å². The Balaban J connectivity index is 2.91. The zero-order valence-corrected chi connectivity index (χ0v) is 10.5. The van der Waals surface area contributed by atoms with Crippen LogP contribution in [0.2, 0.25) is 0 Å². The van der Waals surface area contributed by atoms with E-state index in [0.717, 1.165) is 5.56 Å². The Morgan fingerprint density at radius 1 is 1.06 bits per heavy atom. The van der Waals surface area contributed by atoms with Crippen molar-refractivity contribution in [3.63, 3.8) is 0 Å². The molecular formula is C14H21NO. The van der Waals surface area contributed by atoms with Gasteiger partial charge in [-0.1, -0.05) is 30.3 Å². The summed E-state index contributed by atoms with van der Waals surface area (Å²) in [6.07, 6.45) is 1.81. The fourth-order valence-corrected chi connectivity index (χ4v) is 1.90. The molecule has 0 saturated carbocycles. The van der Waals surface area contributed by atoms with Gasteiger partial charge in [0.15, 0.2) is 5.88 Å². The van der Waals surface area contributed by atoms with E-state index in [1.165, 1.54) is 0 Å². The third-order valence-corrected chi connectivity index (χ3v) is 2.47. The number of aliphatic hydroxyl groups excluding tert-OH is 1. The summed E-state index contributed by atoms with van der Waals surface area (Å²) in [7, 11) is 0. The Labute approximate surface area is 98.2 Å². The van der Waals surface area contributed by atoms with E-state index < -0.39 is 0 Å². The zero-order chi connectivity index (χ0) is 12.1. The molecule has 2 nitrogen and oxygen atoms in total. The first-order chi connectivity index (χ1) is 7.52. The fraction of sp³-hybridized carbons (Fsp3) is 0.429. The van der Waals surface area contributed by atoms with Gasteiger partial charge in [0, 0.05) is 18.2 Å². The maximum absolute atomic E-state index is 10.1. The van der Waals surface area contributed by atoms with Crippen molar-refractivity contribution >= 4 is 6.08 Å². The standard InChI is InChI=1S/C14H21NO/c1-11(2)15(12(3)4)14(16)10-13-8-6-5-7-9-13/h5-12,16H,1-4H3/b14-10+. The van der Waals surface area contributed by atoms with E-state index in [-0.39, 0.29) is 0 Å². The van der Waals surface area contributed by atoms with Crippen LogP contribution in [0.5, 0.6) is 0 Å². The Bertz CT molecular complexity index is 333. The van der Waals surface area contributed by atoms with Gasteiger partial charge in [0.25, 0.3) is 0 Å². The molecule has 0 radical (unpaired) electrons. The summed E-state index contributed by atoms with van der Waals surface area (Å²) in [4.78, 5) is 1.99. The molecule has 0 spiro atoms. The van der Waals surface area contributed by atoms with Crippen molar-refractivity contribution in [1.29, 1.82) is 0 Å². The molecule has 1 aromatic carbocycles. The maximum atomic E-state index is 10.1. The van der Waals surface area contributed by atoms with E-state index >= 15 is 0 Å². The minimum absolute atomic E-state index is 0.292. The number of aliphatic hydroxyl groups is 1. The normalized spacial score (nSPS) is 12.2. The second-order valence-corrected chi connectivity index (χ2v) is 4.51. The topological polar surface area (TPSA) is 23.5 Å². The first-order valence-electron chi connectivity index (χ1n) is 5.76. The maximum Gasteiger partial charge on any atom is 0.187 e. The minimum Gasteiger partial charge on any atom is -0.495 e. The predicted octanol–water partition coefficient (Wildman–Crippen LogP) is 3.66. The molecule has 1 aromatic rings. The summed E-state index contributed by atoms with van der Waals surface area (Å²) in [6, 6.07) is 10.4. The average molecular weight is 219 g/mol. The van der Waals surface area contributed by atoms with Gasteiger partial charge in [0.05, 0.1) is 0 Å². The van der Waals surface area contributed by atoms with E-state index in [2.05, 4.69) is 27.7 Å². The third-order valence-electron chi connectivity index (χ3n) is 2.47.